The highest BCUT2D eigenvalue weighted by Gasteiger charge is 2.41. The number of fused-ring (bicyclic) bond motifs is 1. The number of morpholine rings is 1. The summed E-state index contributed by atoms with van der Waals surface area (Å²) in [7, 11) is 0. The topological polar surface area (TPSA) is 155 Å². The fraction of sp³-hybridized carbons (Fsp3) is 0.609. The quantitative estimate of drug-likeness (QED) is 0.100. The maximum atomic E-state index is 13.5. The first-order chi connectivity index (χ1) is 29.7. The Kier molecular flexibility index (Phi) is 16.0. The zero-order valence-corrected chi connectivity index (χ0v) is 36.8. The van der Waals surface area contributed by atoms with Crippen molar-refractivity contribution in [2.45, 2.75) is 102 Å². The Morgan fingerprint density at radius 2 is 1.85 bits per heavy atom. The van der Waals surface area contributed by atoms with Crippen molar-refractivity contribution in [3.63, 3.8) is 0 Å². The largest absolute Gasteiger partial charge is 0.506 e. The maximum Gasteiger partial charge on any atom is 0.273 e. The van der Waals surface area contributed by atoms with Crippen molar-refractivity contribution in [1.82, 2.24) is 25.0 Å². The zero-order chi connectivity index (χ0) is 42.6. The minimum absolute atomic E-state index is 0.00812. The van der Waals surface area contributed by atoms with Crippen LogP contribution in [0.4, 0.5) is 5.69 Å². The van der Waals surface area contributed by atoms with Crippen LogP contribution in [0.2, 0.25) is 0 Å². The van der Waals surface area contributed by atoms with Crippen molar-refractivity contribution in [2.24, 2.45) is 0 Å². The molecule has 3 N–H and O–H groups in total. The van der Waals surface area contributed by atoms with E-state index in [0.29, 0.717) is 102 Å². The van der Waals surface area contributed by atoms with Crippen LogP contribution in [0.25, 0.3) is 0 Å². The number of carbonyl (C=O) groups is 3. The number of likely N-dealkylation sites (tertiary alicyclic amines) is 1. The molecule has 3 fully saturated rings. The molecule has 3 aliphatic heterocycles. The molecule has 2 saturated heterocycles. The third kappa shape index (κ3) is 12.3. The summed E-state index contributed by atoms with van der Waals surface area (Å²) in [5, 5.41) is 19.2. The molecule has 1 spiro atoms. The predicted octanol–water partition coefficient (Wildman–Crippen LogP) is 5.73. The number of aromatic nitrogens is 1. The summed E-state index contributed by atoms with van der Waals surface area (Å²) in [5.41, 5.74) is 3.86. The molecule has 7 rings (SSSR count). The van der Waals surface area contributed by atoms with Crippen molar-refractivity contribution >= 4 is 34.7 Å². The molecule has 3 aromatic rings. The van der Waals surface area contributed by atoms with E-state index in [4.69, 9.17) is 18.9 Å². The monoisotopic (exact) mass is 860 g/mol. The van der Waals surface area contributed by atoms with Gasteiger partial charge in [-0.15, -0.1) is 11.3 Å². The van der Waals surface area contributed by atoms with Gasteiger partial charge in [-0.1, -0.05) is 63.4 Å². The van der Waals surface area contributed by atoms with Gasteiger partial charge in [-0.25, -0.2) is 4.98 Å². The summed E-state index contributed by atoms with van der Waals surface area (Å²) in [4.78, 5) is 49.6. The summed E-state index contributed by atoms with van der Waals surface area (Å²) in [5.74, 6) is 0.684. The van der Waals surface area contributed by atoms with Gasteiger partial charge < -0.3 is 44.5 Å². The summed E-state index contributed by atoms with van der Waals surface area (Å²) in [6.07, 6.45) is 8.36. The zero-order valence-electron chi connectivity index (χ0n) is 36.0. The lowest BCUT2D eigenvalue weighted by atomic mass is 9.89. The Labute approximate surface area is 364 Å². The van der Waals surface area contributed by atoms with Crippen LogP contribution in [0.1, 0.15) is 103 Å². The molecule has 3 amide bonds. The highest BCUT2D eigenvalue weighted by Crippen LogP contribution is 2.39. The molecule has 4 heterocycles. The van der Waals surface area contributed by atoms with Crippen LogP contribution in [0.3, 0.4) is 0 Å². The number of ether oxygens (including phenoxy) is 4. The van der Waals surface area contributed by atoms with Crippen LogP contribution in [-0.2, 0) is 43.4 Å². The van der Waals surface area contributed by atoms with Gasteiger partial charge in [0.15, 0.2) is 12.4 Å². The average molecular weight is 861 g/mol. The minimum atomic E-state index is -0.295. The van der Waals surface area contributed by atoms with Gasteiger partial charge in [0, 0.05) is 56.6 Å². The number of rotatable bonds is 19. The van der Waals surface area contributed by atoms with Crippen molar-refractivity contribution < 1.29 is 38.4 Å². The molecule has 0 bridgehead atoms. The smallest absolute Gasteiger partial charge is 0.273 e. The van der Waals surface area contributed by atoms with Crippen LogP contribution >= 0.6 is 11.3 Å². The third-order valence-electron chi connectivity index (χ3n) is 12.3. The first kappa shape index (κ1) is 44.9. The molecule has 0 unspecified atom stereocenters. The molecular weight excluding hydrogens is 797 g/mol. The third-order valence-corrected chi connectivity index (χ3v) is 13.4. The molecule has 15 heteroatoms. The first-order valence-electron chi connectivity index (χ1n) is 22.3. The number of aromatic hydroxyl groups is 1. The number of piperidine rings is 1. The van der Waals surface area contributed by atoms with Gasteiger partial charge in [-0.3, -0.25) is 19.3 Å². The van der Waals surface area contributed by atoms with Gasteiger partial charge >= 0.3 is 0 Å². The first-order valence-corrected chi connectivity index (χ1v) is 23.2. The molecule has 61 heavy (non-hydrogen) atoms. The summed E-state index contributed by atoms with van der Waals surface area (Å²) in [6, 6.07) is 12.2. The van der Waals surface area contributed by atoms with Gasteiger partial charge in [-0.05, 0) is 61.4 Å². The van der Waals surface area contributed by atoms with Gasteiger partial charge in [0.1, 0.15) is 17.1 Å². The molecule has 1 aromatic heterocycles. The lowest BCUT2D eigenvalue weighted by Crippen LogP contribution is -2.58. The van der Waals surface area contributed by atoms with Crippen molar-refractivity contribution in [1.29, 1.82) is 0 Å². The van der Waals surface area contributed by atoms with E-state index in [1.165, 1.54) is 12.0 Å². The van der Waals surface area contributed by atoms with Crippen LogP contribution in [0.5, 0.6) is 11.5 Å². The number of hydrogen-bond acceptors (Lipinski definition) is 12. The fourth-order valence-electron chi connectivity index (χ4n) is 8.90. The fourth-order valence-corrected chi connectivity index (χ4v) is 9.71. The molecule has 14 nitrogen and oxygen atoms in total. The molecule has 0 radical (unpaired) electrons. The number of nitrogens with one attached hydrogen (secondary N) is 2. The lowest BCUT2D eigenvalue weighted by Gasteiger charge is -2.47. The Hall–Kier alpha value is -4.12. The molecule has 0 atom stereocenters. The van der Waals surface area contributed by atoms with Crippen molar-refractivity contribution in [2.75, 3.05) is 84.2 Å². The second kappa shape index (κ2) is 21.8. The van der Waals surface area contributed by atoms with E-state index in [1.807, 2.05) is 16.3 Å². The Balaban J connectivity index is 0.776. The Bertz CT molecular complexity index is 1930. The number of hydrogen-bond donors (Lipinski definition) is 3. The number of carbonyl (C=O) groups excluding carboxylic acids is 3. The highest BCUT2D eigenvalue weighted by atomic mass is 32.1. The van der Waals surface area contributed by atoms with Gasteiger partial charge in [0.05, 0.1) is 56.6 Å². The summed E-state index contributed by atoms with van der Waals surface area (Å²) >= 11 is 1.56. The number of phenols is 1. The minimum Gasteiger partial charge on any atom is -0.506 e. The predicted molar refractivity (Wildman–Crippen MR) is 234 cm³/mol. The van der Waals surface area contributed by atoms with E-state index in [1.54, 1.807) is 17.4 Å². The SMILES string of the molecule is CC(C)c1nc(C(=O)N2CCOC3(CCN(Cc4cccc(COCCOCCC(=O)N(CCNCCc5ccc(O)c6c5OCC(=O)N6)C5CCCCC5)c4)CC3)C2)cs1. The molecule has 332 valence electrons. The number of benzene rings is 2. The van der Waals surface area contributed by atoms with Gasteiger partial charge in [0.25, 0.3) is 11.8 Å². The van der Waals surface area contributed by atoms with E-state index in [2.05, 4.69) is 63.5 Å². The number of phenolic OH excluding ortho intramolecular Hbond substituents is 1. The molecule has 1 aliphatic carbocycles. The number of amides is 3. The van der Waals surface area contributed by atoms with E-state index >= 15 is 0 Å². The van der Waals surface area contributed by atoms with Crippen LogP contribution in [0, 0.1) is 0 Å². The van der Waals surface area contributed by atoms with Crippen molar-refractivity contribution in [3.8, 4) is 11.5 Å². The highest BCUT2D eigenvalue weighted by molar-refractivity contribution is 7.09. The van der Waals surface area contributed by atoms with E-state index in [-0.39, 0.29) is 41.7 Å². The number of anilines is 1. The molecule has 2 aromatic carbocycles. The Morgan fingerprint density at radius 1 is 1.05 bits per heavy atom. The Morgan fingerprint density at radius 3 is 2.66 bits per heavy atom. The lowest BCUT2D eigenvalue weighted by molar-refractivity contribution is -0.135. The van der Waals surface area contributed by atoms with Crippen LogP contribution in [0.15, 0.2) is 41.8 Å². The van der Waals surface area contributed by atoms with E-state index < -0.39 is 0 Å². The van der Waals surface area contributed by atoms with E-state index in [0.717, 1.165) is 74.3 Å². The van der Waals surface area contributed by atoms with Crippen LogP contribution < -0.4 is 15.4 Å². The normalized spacial score (nSPS) is 18.2. The summed E-state index contributed by atoms with van der Waals surface area (Å²) in [6.45, 7) is 12.3. The molecule has 1 saturated carbocycles. The average Bonchev–Trinajstić information content (AvgIpc) is 3.78. The van der Waals surface area contributed by atoms with E-state index in [9.17, 15) is 19.5 Å². The second-order valence-electron chi connectivity index (χ2n) is 17.2. The number of nitrogens with zero attached hydrogens (tertiary/aromatic N) is 4. The van der Waals surface area contributed by atoms with Crippen LogP contribution in [-0.4, -0.2) is 133 Å². The second-order valence-corrected chi connectivity index (χ2v) is 18.0. The standard InChI is InChI=1S/C46H64N6O8S/c1-33(2)44-48-38(31-61-44)45(56)51-22-24-60-46(32-51)15-19-50(20-16-46)28-34-7-6-8-35(27-34)29-58-26-25-57-23-14-41(55)52(37-9-4-3-5-10-37)21-18-47-17-13-36-11-12-39(53)42-43(36)59-30-40(54)49-42/h6-8,11-12,27,31,33,37,47,53H,3-5,9-10,13-26,28-30,32H2,1-2H3,(H,49,54). The number of thiazole rings is 1. The van der Waals surface area contributed by atoms with Crippen molar-refractivity contribution in [3.05, 3.63) is 69.2 Å². The molecular formula is C46H64N6O8S. The summed E-state index contributed by atoms with van der Waals surface area (Å²) < 4.78 is 23.8. The molecule has 4 aliphatic rings. The maximum absolute atomic E-state index is 13.5. The van der Waals surface area contributed by atoms with Gasteiger partial charge in [0.2, 0.25) is 5.91 Å². The van der Waals surface area contributed by atoms with Gasteiger partial charge in [-0.2, -0.15) is 0 Å².